The van der Waals surface area contributed by atoms with E-state index < -0.39 is 0 Å². The molecule has 1 heterocycles. The fourth-order valence-corrected chi connectivity index (χ4v) is 5.95. The second-order valence-electron chi connectivity index (χ2n) is 5.63. The highest BCUT2D eigenvalue weighted by atomic mass is 79.9. The van der Waals surface area contributed by atoms with Crippen molar-refractivity contribution in [1.82, 2.24) is 5.32 Å². The highest BCUT2D eigenvalue weighted by molar-refractivity contribution is 9.12. The van der Waals surface area contributed by atoms with E-state index in [2.05, 4.69) is 80.5 Å². The molecular formula is C17H19Br2NS. The molecule has 0 amide bonds. The minimum atomic E-state index is 0.451. The number of thiophene rings is 1. The minimum Gasteiger partial charge on any atom is -0.310 e. The van der Waals surface area contributed by atoms with Gasteiger partial charge in [0.05, 0.1) is 7.57 Å². The molecule has 2 aromatic rings. The SMILES string of the molecule is CCCNC(c1cc(Br)sc1Br)C1CC1c1ccccc1. The zero-order valence-corrected chi connectivity index (χ0v) is 16.0. The van der Waals surface area contributed by atoms with Crippen molar-refractivity contribution in [3.63, 3.8) is 0 Å². The van der Waals surface area contributed by atoms with Gasteiger partial charge < -0.3 is 5.32 Å². The number of hydrogen-bond donors (Lipinski definition) is 1. The molecule has 1 N–H and O–H groups in total. The van der Waals surface area contributed by atoms with E-state index in [-0.39, 0.29) is 0 Å². The van der Waals surface area contributed by atoms with Crippen LogP contribution in [0.5, 0.6) is 0 Å². The van der Waals surface area contributed by atoms with Gasteiger partial charge in [-0.25, -0.2) is 0 Å². The molecule has 1 aliphatic carbocycles. The Labute approximate surface area is 147 Å². The summed E-state index contributed by atoms with van der Waals surface area (Å²) in [5.41, 5.74) is 2.89. The first kappa shape index (κ1) is 15.7. The quantitative estimate of drug-likeness (QED) is 0.584. The van der Waals surface area contributed by atoms with Gasteiger partial charge in [-0.05, 0) is 80.3 Å². The summed E-state index contributed by atoms with van der Waals surface area (Å²) in [5, 5.41) is 3.76. The summed E-state index contributed by atoms with van der Waals surface area (Å²) < 4.78 is 2.45. The van der Waals surface area contributed by atoms with Crippen LogP contribution >= 0.6 is 43.2 Å². The van der Waals surface area contributed by atoms with Crippen molar-refractivity contribution in [2.75, 3.05) is 6.54 Å². The van der Waals surface area contributed by atoms with Crippen LogP contribution in [-0.2, 0) is 0 Å². The Balaban J connectivity index is 1.80. The number of hydrogen-bond acceptors (Lipinski definition) is 2. The molecule has 112 valence electrons. The topological polar surface area (TPSA) is 12.0 Å². The second kappa shape index (κ2) is 6.95. The molecule has 1 saturated carbocycles. The molecule has 0 aliphatic heterocycles. The molecule has 0 bridgehead atoms. The minimum absolute atomic E-state index is 0.451. The van der Waals surface area contributed by atoms with Crippen molar-refractivity contribution in [2.24, 2.45) is 5.92 Å². The summed E-state index contributed by atoms with van der Waals surface area (Å²) in [5.74, 6) is 1.41. The molecule has 4 heteroatoms. The maximum Gasteiger partial charge on any atom is 0.0758 e. The van der Waals surface area contributed by atoms with Crippen LogP contribution < -0.4 is 5.32 Å². The van der Waals surface area contributed by atoms with Crippen LogP contribution in [0.25, 0.3) is 0 Å². The summed E-state index contributed by atoms with van der Waals surface area (Å²) in [4.78, 5) is 0. The molecular weight excluding hydrogens is 410 g/mol. The Morgan fingerprint density at radius 2 is 2.05 bits per heavy atom. The van der Waals surface area contributed by atoms with Gasteiger partial charge in [0.1, 0.15) is 0 Å². The summed E-state index contributed by atoms with van der Waals surface area (Å²) >= 11 is 9.11. The summed E-state index contributed by atoms with van der Waals surface area (Å²) in [6.45, 7) is 3.30. The Hall–Kier alpha value is -0.160. The molecule has 1 fully saturated rings. The number of benzene rings is 1. The third kappa shape index (κ3) is 3.61. The summed E-state index contributed by atoms with van der Waals surface area (Å²) in [6, 6.07) is 13.6. The lowest BCUT2D eigenvalue weighted by Gasteiger charge is -2.19. The number of rotatable bonds is 6. The van der Waals surface area contributed by atoms with Crippen LogP contribution in [0.3, 0.4) is 0 Å². The van der Waals surface area contributed by atoms with Gasteiger partial charge in [-0.3, -0.25) is 0 Å². The van der Waals surface area contributed by atoms with E-state index in [0.717, 1.165) is 6.54 Å². The molecule has 1 aliphatic rings. The van der Waals surface area contributed by atoms with E-state index >= 15 is 0 Å². The van der Waals surface area contributed by atoms with Crippen molar-refractivity contribution in [3.05, 3.63) is 55.1 Å². The molecule has 1 nitrogen and oxygen atoms in total. The summed E-state index contributed by atoms with van der Waals surface area (Å²) in [7, 11) is 0. The highest BCUT2D eigenvalue weighted by Gasteiger charge is 2.44. The Bertz CT molecular complexity index is 596. The smallest absolute Gasteiger partial charge is 0.0758 e. The lowest BCUT2D eigenvalue weighted by Crippen LogP contribution is -2.24. The van der Waals surface area contributed by atoms with E-state index in [4.69, 9.17) is 0 Å². The zero-order valence-electron chi connectivity index (χ0n) is 12.0. The normalized spacial score (nSPS) is 22.2. The van der Waals surface area contributed by atoms with Gasteiger partial charge in [0, 0.05) is 6.04 Å². The number of halogens is 2. The van der Waals surface area contributed by atoms with Gasteiger partial charge in [0.2, 0.25) is 0 Å². The first-order valence-electron chi connectivity index (χ1n) is 7.43. The third-order valence-electron chi connectivity index (χ3n) is 4.13. The Morgan fingerprint density at radius 1 is 1.29 bits per heavy atom. The van der Waals surface area contributed by atoms with Gasteiger partial charge in [-0.1, -0.05) is 37.3 Å². The van der Waals surface area contributed by atoms with E-state index in [1.807, 2.05) is 0 Å². The molecule has 21 heavy (non-hydrogen) atoms. The van der Waals surface area contributed by atoms with Gasteiger partial charge >= 0.3 is 0 Å². The van der Waals surface area contributed by atoms with Crippen molar-refractivity contribution in [2.45, 2.75) is 31.7 Å². The predicted molar refractivity (Wildman–Crippen MR) is 98.0 cm³/mol. The van der Waals surface area contributed by atoms with Gasteiger partial charge in [0.15, 0.2) is 0 Å². The predicted octanol–water partition coefficient (Wildman–Crippen LogP) is 6.12. The van der Waals surface area contributed by atoms with Crippen LogP contribution in [0.4, 0.5) is 0 Å². The molecule has 3 rings (SSSR count). The second-order valence-corrected chi connectivity index (χ2v) is 9.38. The fraction of sp³-hybridized carbons (Fsp3) is 0.412. The number of nitrogens with one attached hydrogen (secondary N) is 1. The fourth-order valence-electron chi connectivity index (χ4n) is 3.02. The Morgan fingerprint density at radius 3 is 2.67 bits per heavy atom. The molecule has 0 saturated heterocycles. The van der Waals surface area contributed by atoms with Gasteiger partial charge in [0.25, 0.3) is 0 Å². The van der Waals surface area contributed by atoms with Gasteiger partial charge in [-0.2, -0.15) is 0 Å². The van der Waals surface area contributed by atoms with Crippen LogP contribution in [-0.4, -0.2) is 6.54 Å². The first-order valence-corrected chi connectivity index (χ1v) is 9.84. The van der Waals surface area contributed by atoms with E-state index in [0.29, 0.717) is 17.9 Å². The molecule has 3 unspecified atom stereocenters. The summed E-state index contributed by atoms with van der Waals surface area (Å²) in [6.07, 6.45) is 2.45. The van der Waals surface area contributed by atoms with Crippen molar-refractivity contribution in [3.8, 4) is 0 Å². The van der Waals surface area contributed by atoms with Crippen molar-refractivity contribution >= 4 is 43.2 Å². The lowest BCUT2D eigenvalue weighted by molar-refractivity contribution is 0.473. The maximum absolute atomic E-state index is 3.76. The maximum atomic E-state index is 3.76. The standard InChI is InChI=1S/C17H19Br2NS/c1-2-8-20-16(14-10-15(18)21-17(14)19)13-9-12(13)11-6-4-3-5-7-11/h3-7,10,12-13,16,20H,2,8-9H2,1H3. The van der Waals surface area contributed by atoms with Crippen LogP contribution in [0.2, 0.25) is 0 Å². The lowest BCUT2D eigenvalue weighted by atomic mass is 10.0. The Kier molecular flexibility index (Phi) is 5.20. The monoisotopic (exact) mass is 427 g/mol. The average molecular weight is 429 g/mol. The van der Waals surface area contributed by atoms with E-state index in [9.17, 15) is 0 Å². The molecule has 1 aromatic heterocycles. The van der Waals surface area contributed by atoms with Crippen LogP contribution in [0.1, 0.15) is 42.9 Å². The molecule has 3 atom stereocenters. The first-order chi connectivity index (χ1) is 10.2. The van der Waals surface area contributed by atoms with E-state index in [1.54, 1.807) is 11.3 Å². The third-order valence-corrected chi connectivity index (χ3v) is 6.51. The largest absolute Gasteiger partial charge is 0.310 e. The molecule has 0 spiro atoms. The van der Waals surface area contributed by atoms with Crippen LogP contribution in [0.15, 0.2) is 44.0 Å². The van der Waals surface area contributed by atoms with Gasteiger partial charge in [-0.15, -0.1) is 11.3 Å². The van der Waals surface area contributed by atoms with Crippen LogP contribution in [0, 0.1) is 5.92 Å². The average Bonchev–Trinajstić information content (AvgIpc) is 3.20. The van der Waals surface area contributed by atoms with Crippen molar-refractivity contribution < 1.29 is 0 Å². The highest BCUT2D eigenvalue weighted by Crippen LogP contribution is 2.55. The van der Waals surface area contributed by atoms with E-state index in [1.165, 1.54) is 31.5 Å². The molecule has 1 aromatic carbocycles. The molecule has 0 radical (unpaired) electrons. The zero-order chi connectivity index (χ0) is 14.8. The van der Waals surface area contributed by atoms with Crippen molar-refractivity contribution in [1.29, 1.82) is 0 Å².